The standard InChI is InChI=1S/C20H18N4O3/c25-20(23-13-16-3-1-2-8-21-16)14-4-7-19(22-12-14)24-15-5-6-17-18(11-15)27-10-9-26-17/h1-8,11-12H,9-10,13H2,(H,22,24)(H,23,25). The molecule has 1 aliphatic heterocycles. The smallest absolute Gasteiger partial charge is 0.253 e. The predicted octanol–water partition coefficient (Wildman–Crippen LogP) is 2.92. The molecule has 0 atom stereocenters. The van der Waals surface area contributed by atoms with Gasteiger partial charge < -0.3 is 20.1 Å². The van der Waals surface area contributed by atoms with Gasteiger partial charge in [0.1, 0.15) is 19.0 Å². The number of nitrogens with zero attached hydrogens (tertiary/aromatic N) is 2. The first kappa shape index (κ1) is 16.8. The fourth-order valence-electron chi connectivity index (χ4n) is 2.65. The van der Waals surface area contributed by atoms with E-state index in [1.807, 2.05) is 36.4 Å². The van der Waals surface area contributed by atoms with E-state index in [0.29, 0.717) is 36.9 Å². The molecule has 3 aromatic rings. The number of hydrogen-bond acceptors (Lipinski definition) is 6. The molecule has 1 amide bonds. The van der Waals surface area contributed by atoms with Crippen molar-refractivity contribution in [2.24, 2.45) is 0 Å². The lowest BCUT2D eigenvalue weighted by atomic mass is 10.2. The molecule has 7 heteroatoms. The van der Waals surface area contributed by atoms with Crippen molar-refractivity contribution < 1.29 is 14.3 Å². The summed E-state index contributed by atoms with van der Waals surface area (Å²) in [6.45, 7) is 1.47. The van der Waals surface area contributed by atoms with Gasteiger partial charge in [-0.3, -0.25) is 9.78 Å². The van der Waals surface area contributed by atoms with Crippen molar-refractivity contribution in [1.29, 1.82) is 0 Å². The van der Waals surface area contributed by atoms with Crippen LogP contribution in [0.2, 0.25) is 0 Å². The fourth-order valence-corrected chi connectivity index (χ4v) is 2.65. The summed E-state index contributed by atoms with van der Waals surface area (Å²) in [7, 11) is 0. The molecule has 0 spiro atoms. The molecule has 0 unspecified atom stereocenters. The number of nitrogens with one attached hydrogen (secondary N) is 2. The van der Waals surface area contributed by atoms with Crippen LogP contribution in [-0.2, 0) is 6.54 Å². The minimum absolute atomic E-state index is 0.195. The van der Waals surface area contributed by atoms with Crippen LogP contribution in [0.1, 0.15) is 16.1 Å². The highest BCUT2D eigenvalue weighted by atomic mass is 16.6. The Morgan fingerprint density at radius 3 is 2.67 bits per heavy atom. The van der Waals surface area contributed by atoms with Crippen molar-refractivity contribution in [2.45, 2.75) is 6.54 Å². The lowest BCUT2D eigenvalue weighted by molar-refractivity contribution is 0.0950. The summed E-state index contributed by atoms with van der Waals surface area (Å²) in [4.78, 5) is 20.7. The Hall–Kier alpha value is -3.61. The molecular weight excluding hydrogens is 344 g/mol. The zero-order valence-corrected chi connectivity index (χ0v) is 14.5. The number of anilines is 2. The number of fused-ring (bicyclic) bond motifs is 1. The Morgan fingerprint density at radius 2 is 1.89 bits per heavy atom. The quantitative estimate of drug-likeness (QED) is 0.726. The number of carbonyl (C=O) groups excluding carboxylic acids is 1. The third kappa shape index (κ3) is 4.14. The van der Waals surface area contributed by atoms with Crippen LogP contribution in [0.15, 0.2) is 60.9 Å². The molecule has 2 aromatic heterocycles. The van der Waals surface area contributed by atoms with Crippen LogP contribution >= 0.6 is 0 Å². The first-order valence-corrected chi connectivity index (χ1v) is 8.59. The van der Waals surface area contributed by atoms with Gasteiger partial charge in [-0.25, -0.2) is 4.98 Å². The van der Waals surface area contributed by atoms with Crippen molar-refractivity contribution in [3.8, 4) is 11.5 Å². The van der Waals surface area contributed by atoms with Crippen molar-refractivity contribution >= 4 is 17.4 Å². The number of aromatic nitrogens is 2. The first-order valence-electron chi connectivity index (χ1n) is 8.59. The van der Waals surface area contributed by atoms with Crippen LogP contribution in [0, 0.1) is 0 Å². The second kappa shape index (κ2) is 7.74. The van der Waals surface area contributed by atoms with E-state index in [-0.39, 0.29) is 5.91 Å². The van der Waals surface area contributed by atoms with E-state index in [4.69, 9.17) is 9.47 Å². The molecule has 1 aromatic carbocycles. The second-order valence-electron chi connectivity index (χ2n) is 5.92. The summed E-state index contributed by atoms with van der Waals surface area (Å²) in [5.41, 5.74) is 2.12. The first-order chi connectivity index (χ1) is 13.3. The molecule has 0 radical (unpaired) electrons. The third-order valence-corrected chi connectivity index (χ3v) is 4.00. The van der Waals surface area contributed by atoms with Crippen molar-refractivity contribution in [2.75, 3.05) is 18.5 Å². The van der Waals surface area contributed by atoms with Crippen LogP contribution in [0.3, 0.4) is 0 Å². The average molecular weight is 362 g/mol. The maximum Gasteiger partial charge on any atom is 0.253 e. The monoisotopic (exact) mass is 362 g/mol. The van der Waals surface area contributed by atoms with Crippen LogP contribution in [-0.4, -0.2) is 29.1 Å². The zero-order chi connectivity index (χ0) is 18.5. The van der Waals surface area contributed by atoms with Crippen LogP contribution in [0.5, 0.6) is 11.5 Å². The number of benzene rings is 1. The van der Waals surface area contributed by atoms with Crippen LogP contribution in [0.25, 0.3) is 0 Å². The van der Waals surface area contributed by atoms with E-state index in [1.54, 1.807) is 18.3 Å². The summed E-state index contributed by atoms with van der Waals surface area (Å²) in [6.07, 6.45) is 3.23. The Labute approximate surface area is 156 Å². The number of rotatable bonds is 5. The molecule has 2 N–H and O–H groups in total. The highest BCUT2D eigenvalue weighted by Gasteiger charge is 2.12. The van der Waals surface area contributed by atoms with E-state index in [1.165, 1.54) is 6.20 Å². The SMILES string of the molecule is O=C(NCc1ccccn1)c1ccc(Nc2ccc3c(c2)OCCO3)nc1. The molecule has 27 heavy (non-hydrogen) atoms. The van der Waals surface area contributed by atoms with E-state index < -0.39 is 0 Å². The summed E-state index contributed by atoms with van der Waals surface area (Å²) < 4.78 is 11.1. The zero-order valence-electron chi connectivity index (χ0n) is 14.5. The van der Waals surface area contributed by atoms with Gasteiger partial charge in [0, 0.05) is 24.1 Å². The van der Waals surface area contributed by atoms with Gasteiger partial charge in [-0.05, 0) is 36.4 Å². The Kier molecular flexibility index (Phi) is 4.82. The van der Waals surface area contributed by atoms with Crippen molar-refractivity contribution in [1.82, 2.24) is 15.3 Å². The second-order valence-corrected chi connectivity index (χ2v) is 5.92. The molecule has 4 rings (SSSR count). The average Bonchev–Trinajstić information content (AvgIpc) is 2.73. The number of carbonyl (C=O) groups is 1. The van der Waals surface area contributed by atoms with Crippen LogP contribution < -0.4 is 20.1 Å². The lowest BCUT2D eigenvalue weighted by Crippen LogP contribution is -2.23. The fraction of sp³-hybridized carbons (Fsp3) is 0.150. The van der Waals surface area contributed by atoms with Gasteiger partial charge in [0.25, 0.3) is 5.91 Å². The summed E-state index contributed by atoms with van der Waals surface area (Å²) in [5.74, 6) is 1.88. The van der Waals surface area contributed by atoms with Gasteiger partial charge in [-0.15, -0.1) is 0 Å². The molecule has 3 heterocycles. The molecule has 0 fully saturated rings. The molecule has 136 valence electrons. The summed E-state index contributed by atoms with van der Waals surface area (Å²) in [6, 6.07) is 14.7. The number of hydrogen-bond donors (Lipinski definition) is 2. The topological polar surface area (TPSA) is 85.4 Å². The van der Waals surface area contributed by atoms with E-state index in [9.17, 15) is 4.79 Å². The molecule has 7 nitrogen and oxygen atoms in total. The minimum Gasteiger partial charge on any atom is -0.486 e. The molecule has 0 saturated carbocycles. The highest BCUT2D eigenvalue weighted by molar-refractivity contribution is 5.94. The molecule has 0 aliphatic carbocycles. The minimum atomic E-state index is -0.195. The van der Waals surface area contributed by atoms with Gasteiger partial charge in [-0.1, -0.05) is 6.07 Å². The van der Waals surface area contributed by atoms with E-state index in [2.05, 4.69) is 20.6 Å². The van der Waals surface area contributed by atoms with Gasteiger partial charge in [-0.2, -0.15) is 0 Å². The Balaban J connectivity index is 1.38. The Morgan fingerprint density at radius 1 is 1.00 bits per heavy atom. The number of ether oxygens (including phenoxy) is 2. The summed E-state index contributed by atoms with van der Waals surface area (Å²) in [5, 5.41) is 6.02. The number of pyridine rings is 2. The largest absolute Gasteiger partial charge is 0.486 e. The van der Waals surface area contributed by atoms with Gasteiger partial charge >= 0.3 is 0 Å². The van der Waals surface area contributed by atoms with E-state index in [0.717, 1.165) is 17.1 Å². The maximum atomic E-state index is 12.2. The van der Waals surface area contributed by atoms with Gasteiger partial charge in [0.05, 0.1) is 17.8 Å². The molecule has 0 bridgehead atoms. The highest BCUT2D eigenvalue weighted by Crippen LogP contribution is 2.33. The summed E-state index contributed by atoms with van der Waals surface area (Å²) >= 11 is 0. The normalized spacial score (nSPS) is 12.3. The third-order valence-electron chi connectivity index (χ3n) is 4.00. The number of amides is 1. The lowest BCUT2D eigenvalue weighted by Gasteiger charge is -2.19. The predicted molar refractivity (Wildman–Crippen MR) is 100 cm³/mol. The molecule has 1 aliphatic rings. The van der Waals surface area contributed by atoms with Crippen molar-refractivity contribution in [3.05, 3.63) is 72.2 Å². The van der Waals surface area contributed by atoms with Gasteiger partial charge in [0.15, 0.2) is 11.5 Å². The molecule has 0 saturated heterocycles. The maximum absolute atomic E-state index is 12.2. The Bertz CT molecular complexity index is 930. The van der Waals surface area contributed by atoms with Crippen molar-refractivity contribution in [3.63, 3.8) is 0 Å². The van der Waals surface area contributed by atoms with Gasteiger partial charge in [0.2, 0.25) is 0 Å². The van der Waals surface area contributed by atoms with E-state index >= 15 is 0 Å². The molecular formula is C20H18N4O3. The van der Waals surface area contributed by atoms with Crippen LogP contribution in [0.4, 0.5) is 11.5 Å².